The molecule has 1 heterocycles. The number of ether oxygens (including phenoxy) is 3. The predicted molar refractivity (Wildman–Crippen MR) is 129 cm³/mol. The smallest absolute Gasteiger partial charge is 0.205 e. The highest BCUT2D eigenvalue weighted by Gasteiger charge is 2.43. The third kappa shape index (κ3) is 4.62. The standard InChI is InChI=1S/C27H27ClN2O4/c1-4-32-22-11-16(9-10-21(22)33-15-17-7-5-6-8-19(17)28)24-18(14-29)26(30)34-23-13-27(2,3)12-20(31)25(23)24/h5-11,24H,4,12-13,15,30H2,1-3H3. The number of allylic oxidation sites excluding steroid dienone is 3. The van der Waals surface area contributed by atoms with Crippen molar-refractivity contribution in [3.8, 4) is 17.6 Å². The van der Waals surface area contributed by atoms with Crippen molar-refractivity contribution in [2.45, 2.75) is 46.1 Å². The van der Waals surface area contributed by atoms with Gasteiger partial charge in [0.25, 0.3) is 0 Å². The Morgan fingerprint density at radius 1 is 1.18 bits per heavy atom. The van der Waals surface area contributed by atoms with Gasteiger partial charge >= 0.3 is 0 Å². The molecule has 1 atom stereocenters. The molecule has 1 unspecified atom stereocenters. The molecule has 1 aliphatic heterocycles. The van der Waals surface area contributed by atoms with Gasteiger partial charge in [-0.2, -0.15) is 5.26 Å². The number of rotatable bonds is 6. The molecule has 0 saturated heterocycles. The molecule has 4 rings (SSSR count). The number of hydrogen-bond acceptors (Lipinski definition) is 6. The first kappa shape index (κ1) is 23.7. The van der Waals surface area contributed by atoms with Gasteiger partial charge in [-0.3, -0.25) is 4.79 Å². The molecule has 0 amide bonds. The molecular weight excluding hydrogens is 452 g/mol. The Hall–Kier alpha value is -3.43. The van der Waals surface area contributed by atoms with E-state index in [0.29, 0.717) is 47.3 Å². The van der Waals surface area contributed by atoms with Crippen LogP contribution < -0.4 is 15.2 Å². The van der Waals surface area contributed by atoms with Crippen LogP contribution in [0.15, 0.2) is 65.3 Å². The van der Waals surface area contributed by atoms with Crippen LogP contribution in [0.2, 0.25) is 5.02 Å². The third-order valence-electron chi connectivity index (χ3n) is 6.02. The van der Waals surface area contributed by atoms with E-state index in [0.717, 1.165) is 11.1 Å². The Labute approximate surface area is 204 Å². The summed E-state index contributed by atoms with van der Waals surface area (Å²) in [4.78, 5) is 13.2. The second-order valence-electron chi connectivity index (χ2n) is 9.22. The molecule has 2 aromatic carbocycles. The van der Waals surface area contributed by atoms with E-state index in [4.69, 9.17) is 31.5 Å². The van der Waals surface area contributed by atoms with Crippen LogP contribution in [-0.2, 0) is 16.1 Å². The minimum Gasteiger partial charge on any atom is -0.490 e. The zero-order valence-electron chi connectivity index (χ0n) is 19.5. The van der Waals surface area contributed by atoms with Gasteiger partial charge in [-0.15, -0.1) is 0 Å². The van der Waals surface area contributed by atoms with E-state index in [1.54, 1.807) is 6.07 Å². The summed E-state index contributed by atoms with van der Waals surface area (Å²) in [5, 5.41) is 10.5. The zero-order chi connectivity index (χ0) is 24.5. The Morgan fingerprint density at radius 3 is 2.65 bits per heavy atom. The molecule has 2 aliphatic rings. The zero-order valence-corrected chi connectivity index (χ0v) is 20.2. The molecule has 0 spiro atoms. The maximum Gasteiger partial charge on any atom is 0.205 e. The average Bonchev–Trinajstić information content (AvgIpc) is 2.77. The first-order valence-corrected chi connectivity index (χ1v) is 11.6. The SMILES string of the molecule is CCOc1cc(C2C(C#N)=C(N)OC3=C2C(=O)CC(C)(C)C3)ccc1OCc1ccccc1Cl. The number of nitriles is 1. The van der Waals surface area contributed by atoms with Crippen LogP contribution in [0.5, 0.6) is 11.5 Å². The first-order valence-electron chi connectivity index (χ1n) is 11.2. The van der Waals surface area contributed by atoms with Crippen molar-refractivity contribution in [3.63, 3.8) is 0 Å². The molecule has 0 saturated carbocycles. The number of nitrogens with two attached hydrogens (primary N) is 1. The van der Waals surface area contributed by atoms with Gasteiger partial charge in [-0.25, -0.2) is 0 Å². The van der Waals surface area contributed by atoms with Gasteiger partial charge in [-0.05, 0) is 36.1 Å². The molecule has 2 aromatic rings. The fourth-order valence-corrected chi connectivity index (χ4v) is 4.67. The third-order valence-corrected chi connectivity index (χ3v) is 6.39. The summed E-state index contributed by atoms with van der Waals surface area (Å²) in [5.41, 5.74) is 8.19. The van der Waals surface area contributed by atoms with E-state index < -0.39 is 5.92 Å². The Morgan fingerprint density at radius 2 is 1.94 bits per heavy atom. The van der Waals surface area contributed by atoms with Crippen LogP contribution in [0, 0.1) is 16.7 Å². The van der Waals surface area contributed by atoms with Crippen molar-refractivity contribution in [1.82, 2.24) is 0 Å². The van der Waals surface area contributed by atoms with Gasteiger partial charge in [-0.1, -0.05) is 49.7 Å². The van der Waals surface area contributed by atoms with E-state index in [1.807, 2.05) is 57.2 Å². The van der Waals surface area contributed by atoms with Gasteiger partial charge in [0.05, 0.1) is 12.5 Å². The summed E-state index contributed by atoms with van der Waals surface area (Å²) in [6.45, 7) is 6.61. The van der Waals surface area contributed by atoms with E-state index >= 15 is 0 Å². The van der Waals surface area contributed by atoms with Gasteiger partial charge in [0.1, 0.15) is 24.0 Å². The molecule has 176 valence electrons. The molecule has 0 bridgehead atoms. The highest BCUT2D eigenvalue weighted by atomic mass is 35.5. The lowest BCUT2D eigenvalue weighted by molar-refractivity contribution is -0.119. The molecule has 34 heavy (non-hydrogen) atoms. The lowest BCUT2D eigenvalue weighted by Crippen LogP contribution is -2.33. The lowest BCUT2D eigenvalue weighted by Gasteiger charge is -2.37. The summed E-state index contributed by atoms with van der Waals surface area (Å²) in [6.07, 6.45) is 0.947. The molecule has 6 nitrogen and oxygen atoms in total. The van der Waals surface area contributed by atoms with Crippen molar-refractivity contribution in [2.24, 2.45) is 11.1 Å². The monoisotopic (exact) mass is 478 g/mol. The van der Waals surface area contributed by atoms with Gasteiger partial charge in [0, 0.05) is 29.0 Å². The molecule has 7 heteroatoms. The summed E-state index contributed by atoms with van der Waals surface area (Å²) < 4.78 is 17.6. The maximum absolute atomic E-state index is 13.2. The molecule has 2 N–H and O–H groups in total. The molecule has 0 radical (unpaired) electrons. The van der Waals surface area contributed by atoms with Crippen LogP contribution in [-0.4, -0.2) is 12.4 Å². The normalized spacial score (nSPS) is 19.3. The Kier molecular flexibility index (Phi) is 6.58. The van der Waals surface area contributed by atoms with Crippen molar-refractivity contribution in [2.75, 3.05) is 6.61 Å². The van der Waals surface area contributed by atoms with Crippen LogP contribution in [0.3, 0.4) is 0 Å². The molecule has 0 aromatic heterocycles. The number of benzene rings is 2. The highest BCUT2D eigenvalue weighted by Crippen LogP contribution is 2.48. The Bertz CT molecular complexity index is 1240. The van der Waals surface area contributed by atoms with Crippen molar-refractivity contribution < 1.29 is 19.0 Å². The van der Waals surface area contributed by atoms with Crippen molar-refractivity contribution >= 4 is 17.4 Å². The lowest BCUT2D eigenvalue weighted by atomic mass is 9.70. The van der Waals surface area contributed by atoms with Crippen LogP contribution in [0.4, 0.5) is 0 Å². The first-order chi connectivity index (χ1) is 16.2. The minimum atomic E-state index is -0.617. The van der Waals surface area contributed by atoms with Crippen molar-refractivity contribution in [1.29, 1.82) is 5.26 Å². The van der Waals surface area contributed by atoms with E-state index in [-0.39, 0.29) is 29.3 Å². The largest absolute Gasteiger partial charge is 0.490 e. The van der Waals surface area contributed by atoms with E-state index in [1.165, 1.54) is 0 Å². The van der Waals surface area contributed by atoms with E-state index in [9.17, 15) is 10.1 Å². The van der Waals surface area contributed by atoms with Crippen molar-refractivity contribution in [3.05, 3.63) is 81.4 Å². The number of carbonyl (C=O) groups is 1. The summed E-state index contributed by atoms with van der Waals surface area (Å²) in [5.74, 6) is 0.981. The minimum absolute atomic E-state index is 0.0338. The second-order valence-corrected chi connectivity index (χ2v) is 9.63. The quantitative estimate of drug-likeness (QED) is 0.566. The van der Waals surface area contributed by atoms with Gasteiger partial charge in [0.2, 0.25) is 5.88 Å². The second kappa shape index (κ2) is 9.44. The van der Waals surface area contributed by atoms with Gasteiger partial charge < -0.3 is 19.9 Å². The number of carbonyl (C=O) groups excluding carboxylic acids is 1. The summed E-state index contributed by atoms with van der Waals surface area (Å²) >= 11 is 6.25. The number of nitrogens with zero attached hydrogens (tertiary/aromatic N) is 1. The fourth-order valence-electron chi connectivity index (χ4n) is 4.48. The number of ketones is 1. The molecule has 0 fully saturated rings. The highest BCUT2D eigenvalue weighted by molar-refractivity contribution is 6.31. The van der Waals surface area contributed by atoms with Crippen LogP contribution >= 0.6 is 11.6 Å². The average molecular weight is 479 g/mol. The molecule has 1 aliphatic carbocycles. The summed E-state index contributed by atoms with van der Waals surface area (Å²) in [6, 6.07) is 15.1. The maximum atomic E-state index is 13.2. The number of halogens is 1. The topological polar surface area (TPSA) is 94.6 Å². The number of hydrogen-bond donors (Lipinski definition) is 1. The van der Waals surface area contributed by atoms with Gasteiger partial charge in [0.15, 0.2) is 17.3 Å². The summed E-state index contributed by atoms with van der Waals surface area (Å²) in [7, 11) is 0. The number of Topliss-reactive ketones (excluding diaryl/α,β-unsaturated/α-hetero) is 1. The van der Waals surface area contributed by atoms with Crippen LogP contribution in [0.25, 0.3) is 0 Å². The Balaban J connectivity index is 1.73. The fraction of sp³-hybridized carbons (Fsp3) is 0.333. The van der Waals surface area contributed by atoms with Crippen LogP contribution in [0.1, 0.15) is 50.7 Å². The molecular formula is C27H27ClN2O4. The predicted octanol–water partition coefficient (Wildman–Crippen LogP) is 5.77. The van der Waals surface area contributed by atoms with E-state index in [2.05, 4.69) is 6.07 Å².